The number of aliphatic hydroxyl groups is 1. The Morgan fingerprint density at radius 2 is 2.00 bits per heavy atom. The third-order valence-corrected chi connectivity index (χ3v) is 3.78. The summed E-state index contributed by atoms with van der Waals surface area (Å²) in [6.07, 6.45) is 3.92. The number of nitrogens with two attached hydrogens (primary N) is 1. The van der Waals surface area contributed by atoms with E-state index in [0.29, 0.717) is 0 Å². The fraction of sp³-hybridized carbons (Fsp3) is 1.00. The summed E-state index contributed by atoms with van der Waals surface area (Å²) in [5.41, 5.74) is 5.85. The molecule has 1 heterocycles. The smallest absolute Gasteiger partial charge is 0.0640 e. The molecule has 13 heavy (non-hydrogen) atoms. The van der Waals surface area contributed by atoms with E-state index in [1.165, 1.54) is 0 Å². The average Bonchev–Trinajstić information content (AvgIpc) is 2.23. The van der Waals surface area contributed by atoms with Gasteiger partial charge in [0.2, 0.25) is 0 Å². The molecule has 2 rings (SSSR count). The van der Waals surface area contributed by atoms with Crippen molar-refractivity contribution >= 4 is 0 Å². The van der Waals surface area contributed by atoms with Gasteiger partial charge in [-0.05, 0) is 51.1 Å². The van der Waals surface area contributed by atoms with Gasteiger partial charge in [-0.15, -0.1) is 0 Å². The maximum absolute atomic E-state index is 9.98. The van der Waals surface area contributed by atoms with Crippen LogP contribution in [0, 0.1) is 5.41 Å². The molecular formula is C10H20N2O. The lowest BCUT2D eigenvalue weighted by Crippen LogP contribution is -2.45. The van der Waals surface area contributed by atoms with Gasteiger partial charge in [-0.2, -0.15) is 0 Å². The van der Waals surface area contributed by atoms with Gasteiger partial charge in [-0.1, -0.05) is 0 Å². The zero-order valence-electron chi connectivity index (χ0n) is 8.34. The molecule has 0 aromatic carbocycles. The van der Waals surface area contributed by atoms with Crippen LogP contribution in [0.25, 0.3) is 0 Å². The van der Waals surface area contributed by atoms with E-state index in [9.17, 15) is 5.11 Å². The summed E-state index contributed by atoms with van der Waals surface area (Å²) < 4.78 is 0. The Balaban J connectivity index is 2.13. The van der Waals surface area contributed by atoms with Gasteiger partial charge in [0.1, 0.15) is 0 Å². The first kappa shape index (κ1) is 9.44. The molecule has 4 N–H and O–H groups in total. The van der Waals surface area contributed by atoms with Crippen molar-refractivity contribution in [1.82, 2.24) is 5.32 Å². The van der Waals surface area contributed by atoms with Crippen LogP contribution in [0.3, 0.4) is 0 Å². The molecule has 76 valence electrons. The number of piperidine rings is 1. The van der Waals surface area contributed by atoms with E-state index in [1.54, 1.807) is 0 Å². The molecule has 1 spiro atoms. The normalized spacial score (nSPS) is 44.1. The minimum atomic E-state index is -0.517. The zero-order chi connectivity index (χ0) is 9.53. The minimum Gasteiger partial charge on any atom is -0.390 e. The maximum atomic E-state index is 9.98. The molecule has 1 aliphatic heterocycles. The second kappa shape index (κ2) is 2.94. The molecule has 0 bridgehead atoms. The topological polar surface area (TPSA) is 58.3 Å². The molecule has 1 aliphatic carbocycles. The number of nitrogens with one attached hydrogen (secondary N) is 1. The molecule has 2 aliphatic rings. The molecule has 0 aromatic heterocycles. The highest BCUT2D eigenvalue weighted by Crippen LogP contribution is 2.48. The van der Waals surface area contributed by atoms with Crippen LogP contribution in [-0.2, 0) is 0 Å². The van der Waals surface area contributed by atoms with Gasteiger partial charge in [0.05, 0.1) is 5.60 Å². The number of hydrogen-bond donors (Lipinski definition) is 3. The van der Waals surface area contributed by atoms with Crippen molar-refractivity contribution < 1.29 is 5.11 Å². The largest absolute Gasteiger partial charge is 0.390 e. The molecule has 0 radical (unpaired) electrons. The SMILES string of the molecule is C[C@]1(O)C[C@@H](N)C2(CCNCC2)C1. The molecule has 2 fully saturated rings. The van der Waals surface area contributed by atoms with E-state index in [0.717, 1.165) is 38.8 Å². The van der Waals surface area contributed by atoms with Crippen LogP contribution in [0.15, 0.2) is 0 Å². The van der Waals surface area contributed by atoms with Crippen molar-refractivity contribution in [2.75, 3.05) is 13.1 Å². The third-order valence-electron chi connectivity index (χ3n) is 3.78. The lowest BCUT2D eigenvalue weighted by molar-refractivity contribution is 0.0467. The summed E-state index contributed by atoms with van der Waals surface area (Å²) in [4.78, 5) is 0. The summed E-state index contributed by atoms with van der Waals surface area (Å²) in [7, 11) is 0. The summed E-state index contributed by atoms with van der Waals surface area (Å²) >= 11 is 0. The molecule has 0 amide bonds. The predicted octanol–water partition coefficient (Wildman–Crippen LogP) is 0.228. The second-order valence-corrected chi connectivity index (χ2v) is 5.10. The lowest BCUT2D eigenvalue weighted by atomic mass is 9.74. The van der Waals surface area contributed by atoms with Gasteiger partial charge in [0.25, 0.3) is 0 Å². The van der Waals surface area contributed by atoms with Crippen molar-refractivity contribution in [3.05, 3.63) is 0 Å². The van der Waals surface area contributed by atoms with Gasteiger partial charge in [-0.3, -0.25) is 0 Å². The van der Waals surface area contributed by atoms with E-state index in [4.69, 9.17) is 5.73 Å². The fourth-order valence-electron chi connectivity index (χ4n) is 3.12. The van der Waals surface area contributed by atoms with E-state index in [-0.39, 0.29) is 11.5 Å². The summed E-state index contributed by atoms with van der Waals surface area (Å²) in [5.74, 6) is 0. The Kier molecular flexibility index (Phi) is 2.13. The Labute approximate surface area is 79.7 Å². The fourth-order valence-corrected chi connectivity index (χ4v) is 3.12. The van der Waals surface area contributed by atoms with Crippen LogP contribution in [0.2, 0.25) is 0 Å². The maximum Gasteiger partial charge on any atom is 0.0640 e. The van der Waals surface area contributed by atoms with Crippen molar-refractivity contribution in [3.63, 3.8) is 0 Å². The van der Waals surface area contributed by atoms with Crippen molar-refractivity contribution in [1.29, 1.82) is 0 Å². The quantitative estimate of drug-likeness (QED) is 0.505. The monoisotopic (exact) mass is 184 g/mol. The first-order valence-corrected chi connectivity index (χ1v) is 5.23. The highest BCUT2D eigenvalue weighted by molar-refractivity contribution is 5.05. The van der Waals surface area contributed by atoms with Gasteiger partial charge in [0, 0.05) is 6.04 Å². The predicted molar refractivity (Wildman–Crippen MR) is 52.4 cm³/mol. The van der Waals surface area contributed by atoms with Gasteiger partial charge in [0.15, 0.2) is 0 Å². The minimum absolute atomic E-state index is 0.199. The molecule has 2 atom stereocenters. The van der Waals surface area contributed by atoms with E-state index in [2.05, 4.69) is 5.32 Å². The molecule has 0 unspecified atom stereocenters. The van der Waals surface area contributed by atoms with E-state index >= 15 is 0 Å². The average molecular weight is 184 g/mol. The van der Waals surface area contributed by atoms with Gasteiger partial charge in [-0.25, -0.2) is 0 Å². The van der Waals surface area contributed by atoms with E-state index in [1.807, 2.05) is 6.92 Å². The van der Waals surface area contributed by atoms with Crippen LogP contribution in [-0.4, -0.2) is 29.8 Å². The number of hydrogen-bond acceptors (Lipinski definition) is 3. The van der Waals surface area contributed by atoms with E-state index < -0.39 is 5.60 Å². The van der Waals surface area contributed by atoms with Crippen LogP contribution < -0.4 is 11.1 Å². The Bertz CT molecular complexity index is 197. The summed E-state index contributed by atoms with van der Waals surface area (Å²) in [6.45, 7) is 4.04. The first-order valence-electron chi connectivity index (χ1n) is 5.23. The second-order valence-electron chi connectivity index (χ2n) is 5.10. The van der Waals surface area contributed by atoms with Crippen LogP contribution in [0.5, 0.6) is 0 Å². The van der Waals surface area contributed by atoms with Crippen molar-refractivity contribution in [3.8, 4) is 0 Å². The van der Waals surface area contributed by atoms with Gasteiger partial charge < -0.3 is 16.2 Å². The lowest BCUT2D eigenvalue weighted by Gasteiger charge is -2.37. The van der Waals surface area contributed by atoms with Crippen LogP contribution >= 0.6 is 0 Å². The number of rotatable bonds is 0. The molecule has 3 nitrogen and oxygen atoms in total. The zero-order valence-corrected chi connectivity index (χ0v) is 8.34. The van der Waals surface area contributed by atoms with Crippen molar-refractivity contribution in [2.45, 2.75) is 44.2 Å². The molecule has 3 heteroatoms. The summed E-state index contributed by atoms with van der Waals surface area (Å²) in [6, 6.07) is 0.199. The standard InChI is InChI=1S/C10H20N2O/c1-9(13)6-8(11)10(7-9)2-4-12-5-3-10/h8,12-13H,2-7,11H2,1H3/t8-,9+/m1/s1. The van der Waals surface area contributed by atoms with Gasteiger partial charge >= 0.3 is 0 Å². The first-order chi connectivity index (χ1) is 6.04. The molecule has 1 saturated carbocycles. The van der Waals surface area contributed by atoms with Crippen molar-refractivity contribution in [2.24, 2.45) is 11.1 Å². The van der Waals surface area contributed by atoms with Crippen LogP contribution in [0.4, 0.5) is 0 Å². The van der Waals surface area contributed by atoms with Crippen LogP contribution in [0.1, 0.15) is 32.6 Å². The molecular weight excluding hydrogens is 164 g/mol. The Morgan fingerprint density at radius 3 is 2.46 bits per heavy atom. The molecule has 0 aromatic rings. The third kappa shape index (κ3) is 1.60. The highest BCUT2D eigenvalue weighted by Gasteiger charge is 2.50. The molecule has 1 saturated heterocycles. The Morgan fingerprint density at radius 1 is 1.38 bits per heavy atom. The highest BCUT2D eigenvalue weighted by atomic mass is 16.3. The summed E-state index contributed by atoms with van der Waals surface area (Å²) in [5, 5.41) is 13.3. The Hall–Kier alpha value is -0.120.